The molecule has 2 saturated heterocycles. The Kier molecular flexibility index (Phi) is 4.49. The van der Waals surface area contributed by atoms with E-state index in [0.29, 0.717) is 11.3 Å². The first kappa shape index (κ1) is 18.7. The third kappa shape index (κ3) is 3.24. The van der Waals surface area contributed by atoms with Gasteiger partial charge in [0.25, 0.3) is 5.56 Å². The van der Waals surface area contributed by atoms with Crippen molar-refractivity contribution in [3.63, 3.8) is 0 Å². The zero-order valence-electron chi connectivity index (χ0n) is 17.0. The summed E-state index contributed by atoms with van der Waals surface area (Å²) >= 11 is 0. The fourth-order valence-electron chi connectivity index (χ4n) is 4.12. The number of aromatic nitrogens is 1. The maximum atomic E-state index is 13.3. The largest absolute Gasteiger partial charge is 0.495 e. The number of pyridine rings is 1. The van der Waals surface area contributed by atoms with Gasteiger partial charge < -0.3 is 18.8 Å². The number of benzene rings is 1. The summed E-state index contributed by atoms with van der Waals surface area (Å²) in [5.41, 5.74) is 0.0193. The third-order valence-corrected chi connectivity index (χ3v) is 6.49. The summed E-state index contributed by atoms with van der Waals surface area (Å²) in [7, 11) is 1.61. The molecular formula is C21H29BN2O3. The van der Waals surface area contributed by atoms with Crippen LogP contribution in [0.4, 0.5) is 0 Å². The number of likely N-dealkylation sites (tertiary alicyclic amines) is 1. The minimum absolute atomic E-state index is 0.0485. The molecule has 4 rings (SSSR count). The van der Waals surface area contributed by atoms with Gasteiger partial charge in [0.15, 0.2) is 0 Å². The Balaban J connectivity index is 1.74. The van der Waals surface area contributed by atoms with Gasteiger partial charge in [-0.2, -0.15) is 0 Å². The summed E-state index contributed by atoms with van der Waals surface area (Å²) < 4.78 is 14.3. The van der Waals surface area contributed by atoms with Crippen LogP contribution in [0.25, 0.3) is 10.8 Å². The predicted molar refractivity (Wildman–Crippen MR) is 110 cm³/mol. The number of rotatable bonds is 3. The summed E-state index contributed by atoms with van der Waals surface area (Å²) in [4.78, 5) is 15.7. The summed E-state index contributed by atoms with van der Waals surface area (Å²) in [5, 5.41) is 1.65. The van der Waals surface area contributed by atoms with Crippen LogP contribution in [0, 0.1) is 5.92 Å². The summed E-state index contributed by atoms with van der Waals surface area (Å²) in [5.74, 6) is 0.522. The van der Waals surface area contributed by atoms with Crippen LogP contribution in [0.5, 0.6) is 0 Å². The van der Waals surface area contributed by atoms with E-state index < -0.39 is 18.3 Å². The zero-order chi connectivity index (χ0) is 19.4. The van der Waals surface area contributed by atoms with Gasteiger partial charge in [0.2, 0.25) is 0 Å². The fraction of sp³-hybridized carbons (Fsp3) is 0.571. The van der Waals surface area contributed by atoms with Gasteiger partial charge in [-0.15, -0.1) is 0 Å². The Hall–Kier alpha value is -1.63. The summed E-state index contributed by atoms with van der Waals surface area (Å²) in [6.07, 6.45) is 3.07. The average Bonchev–Trinajstić information content (AvgIpc) is 3.09. The van der Waals surface area contributed by atoms with Crippen LogP contribution in [0.15, 0.2) is 35.3 Å². The molecule has 6 heteroatoms. The lowest BCUT2D eigenvalue weighted by atomic mass is 9.76. The van der Waals surface area contributed by atoms with E-state index in [9.17, 15) is 4.79 Å². The second kappa shape index (κ2) is 6.47. The molecule has 0 saturated carbocycles. The molecule has 1 unspecified atom stereocenters. The molecule has 27 heavy (non-hydrogen) atoms. The molecule has 2 aliphatic heterocycles. The van der Waals surface area contributed by atoms with Gasteiger partial charge >= 0.3 is 7.12 Å². The highest BCUT2D eigenvalue weighted by atomic mass is 16.7. The molecule has 1 aromatic heterocycles. The van der Waals surface area contributed by atoms with Crippen LogP contribution in [0.3, 0.4) is 0 Å². The van der Waals surface area contributed by atoms with Crippen LogP contribution in [-0.2, 0) is 15.9 Å². The van der Waals surface area contributed by atoms with E-state index >= 15 is 0 Å². The highest BCUT2D eigenvalue weighted by molar-refractivity contribution is 6.65. The lowest BCUT2D eigenvalue weighted by Gasteiger charge is -2.32. The number of fused-ring (bicyclic) bond motifs is 1. The number of hydrogen-bond donors (Lipinski definition) is 0. The normalized spacial score (nSPS) is 24.8. The Labute approximate surface area is 161 Å². The quantitative estimate of drug-likeness (QED) is 0.780. The monoisotopic (exact) mass is 368 g/mol. The minimum Gasteiger partial charge on any atom is -0.399 e. The molecule has 5 nitrogen and oxygen atoms in total. The molecule has 1 atom stereocenters. The molecule has 0 radical (unpaired) electrons. The fourth-order valence-corrected chi connectivity index (χ4v) is 4.12. The lowest BCUT2D eigenvalue weighted by molar-refractivity contribution is 0.00578. The maximum Gasteiger partial charge on any atom is 0.495 e. The molecule has 3 heterocycles. The van der Waals surface area contributed by atoms with Crippen LogP contribution in [0.2, 0.25) is 0 Å². The topological polar surface area (TPSA) is 43.7 Å². The molecule has 144 valence electrons. The van der Waals surface area contributed by atoms with Gasteiger partial charge in [0.1, 0.15) is 0 Å². The van der Waals surface area contributed by atoms with Gasteiger partial charge in [0.05, 0.1) is 11.2 Å². The van der Waals surface area contributed by atoms with E-state index in [1.54, 1.807) is 0 Å². The first-order valence-corrected chi connectivity index (χ1v) is 9.84. The van der Waals surface area contributed by atoms with Crippen LogP contribution < -0.4 is 11.0 Å². The SMILES string of the molecule is CN1CCC(Cn2ccc3cccc(B4OC(C)(C)C(C)(C)O4)c3c2=O)C1. The zero-order valence-corrected chi connectivity index (χ0v) is 17.0. The minimum atomic E-state index is -0.528. The Morgan fingerprint density at radius 3 is 2.48 bits per heavy atom. The van der Waals surface area contributed by atoms with E-state index in [0.717, 1.165) is 36.9 Å². The predicted octanol–water partition coefficient (Wildman–Crippen LogP) is 2.25. The summed E-state index contributed by atoms with van der Waals surface area (Å²) in [6.45, 7) is 11.0. The molecule has 2 aliphatic rings. The highest BCUT2D eigenvalue weighted by Crippen LogP contribution is 2.36. The average molecular weight is 368 g/mol. The lowest BCUT2D eigenvalue weighted by Crippen LogP contribution is -2.41. The van der Waals surface area contributed by atoms with E-state index in [1.165, 1.54) is 0 Å². The number of hydrogen-bond acceptors (Lipinski definition) is 4. The second-order valence-corrected chi connectivity index (χ2v) is 9.09. The smallest absolute Gasteiger partial charge is 0.399 e. The van der Waals surface area contributed by atoms with Crippen molar-refractivity contribution in [1.82, 2.24) is 9.47 Å². The second-order valence-electron chi connectivity index (χ2n) is 9.09. The van der Waals surface area contributed by atoms with Crippen molar-refractivity contribution in [3.05, 3.63) is 40.8 Å². The molecule has 2 aromatic rings. The van der Waals surface area contributed by atoms with Crippen LogP contribution in [-0.4, -0.2) is 47.9 Å². The Bertz CT molecular complexity index is 905. The first-order valence-electron chi connectivity index (χ1n) is 9.84. The summed E-state index contributed by atoms with van der Waals surface area (Å²) in [6, 6.07) is 7.95. The third-order valence-electron chi connectivity index (χ3n) is 6.49. The number of nitrogens with zero attached hydrogens (tertiary/aromatic N) is 2. The Morgan fingerprint density at radius 2 is 1.85 bits per heavy atom. The molecule has 0 bridgehead atoms. The van der Waals surface area contributed by atoms with Gasteiger partial charge in [0, 0.05) is 24.7 Å². The molecule has 0 amide bonds. The molecule has 0 N–H and O–H groups in total. The van der Waals surface area contributed by atoms with Crippen LogP contribution in [0.1, 0.15) is 34.1 Å². The first-order chi connectivity index (χ1) is 12.7. The molecule has 0 spiro atoms. The van der Waals surface area contributed by atoms with Crippen molar-refractivity contribution >= 4 is 23.4 Å². The van der Waals surface area contributed by atoms with Gasteiger partial charge in [-0.05, 0) is 70.5 Å². The van der Waals surface area contributed by atoms with Crippen molar-refractivity contribution in [2.75, 3.05) is 20.1 Å². The van der Waals surface area contributed by atoms with E-state index in [2.05, 4.69) is 11.9 Å². The maximum absolute atomic E-state index is 13.3. The van der Waals surface area contributed by atoms with Crippen molar-refractivity contribution in [3.8, 4) is 0 Å². The van der Waals surface area contributed by atoms with E-state index in [-0.39, 0.29) is 5.56 Å². The van der Waals surface area contributed by atoms with Gasteiger partial charge in [-0.25, -0.2) is 0 Å². The Morgan fingerprint density at radius 1 is 1.15 bits per heavy atom. The molecule has 2 fully saturated rings. The van der Waals surface area contributed by atoms with Crippen LogP contribution >= 0.6 is 0 Å². The van der Waals surface area contributed by atoms with Crippen molar-refractivity contribution in [1.29, 1.82) is 0 Å². The van der Waals surface area contributed by atoms with Crippen molar-refractivity contribution in [2.45, 2.75) is 51.9 Å². The standard InChI is InChI=1S/C21H29BN2O3/c1-20(2)21(3,4)27-22(26-20)17-8-6-7-16-10-12-24(19(25)18(16)17)14-15-9-11-23(5)13-15/h6-8,10,12,15H,9,11,13-14H2,1-5H3. The molecule has 1 aromatic carbocycles. The van der Waals surface area contributed by atoms with E-state index in [4.69, 9.17) is 9.31 Å². The van der Waals surface area contributed by atoms with Crippen molar-refractivity contribution in [2.24, 2.45) is 5.92 Å². The van der Waals surface area contributed by atoms with Gasteiger partial charge in [-0.3, -0.25) is 4.79 Å². The highest BCUT2D eigenvalue weighted by Gasteiger charge is 2.52. The van der Waals surface area contributed by atoms with Gasteiger partial charge in [-0.1, -0.05) is 18.2 Å². The molecular weight excluding hydrogens is 339 g/mol. The molecule has 0 aliphatic carbocycles. The van der Waals surface area contributed by atoms with E-state index in [1.807, 2.05) is 62.7 Å². The van der Waals surface area contributed by atoms with Crippen molar-refractivity contribution < 1.29 is 9.31 Å².